The van der Waals surface area contributed by atoms with Crippen LogP contribution in [0.3, 0.4) is 0 Å². The Morgan fingerprint density at radius 2 is 2.29 bits per heavy atom. The van der Waals surface area contributed by atoms with E-state index in [1.165, 1.54) is 13.4 Å². The third-order valence-electron chi connectivity index (χ3n) is 1.82. The summed E-state index contributed by atoms with van der Waals surface area (Å²) in [7, 11) is 3.28. The van der Waals surface area contributed by atoms with E-state index in [0.717, 1.165) is 0 Å². The Balaban J connectivity index is 2.96. The summed E-state index contributed by atoms with van der Waals surface area (Å²) in [5.41, 5.74) is 6.13. The Hall–Kier alpha value is -1.56. The molecule has 1 aromatic rings. The number of aliphatic hydroxyl groups is 1. The monoisotopic (exact) mass is 198 g/mol. The van der Waals surface area contributed by atoms with Gasteiger partial charge in [0.15, 0.2) is 5.82 Å². The lowest BCUT2D eigenvalue weighted by molar-refractivity contribution is 0.304. The van der Waals surface area contributed by atoms with Gasteiger partial charge in [-0.15, -0.1) is 0 Å². The summed E-state index contributed by atoms with van der Waals surface area (Å²) in [6.45, 7) is 0.507. The van der Waals surface area contributed by atoms with E-state index >= 15 is 0 Å². The van der Waals surface area contributed by atoms with Gasteiger partial charge in [0.05, 0.1) is 13.7 Å². The van der Waals surface area contributed by atoms with Crippen LogP contribution in [-0.4, -0.2) is 42.4 Å². The molecule has 0 spiro atoms. The molecule has 1 rings (SSSR count). The van der Waals surface area contributed by atoms with Gasteiger partial charge >= 0.3 is 0 Å². The highest BCUT2D eigenvalue weighted by atomic mass is 16.5. The first-order valence-corrected chi connectivity index (χ1v) is 4.17. The number of nitrogens with two attached hydrogens (primary N) is 1. The molecule has 0 amide bonds. The van der Waals surface area contributed by atoms with Crippen molar-refractivity contribution in [2.45, 2.75) is 0 Å². The Morgan fingerprint density at radius 3 is 2.86 bits per heavy atom. The van der Waals surface area contributed by atoms with Crippen molar-refractivity contribution >= 4 is 11.5 Å². The number of nitrogen functional groups attached to an aromatic ring is 1. The highest BCUT2D eigenvalue weighted by molar-refractivity contribution is 5.67. The fourth-order valence-corrected chi connectivity index (χ4v) is 1.09. The first-order chi connectivity index (χ1) is 6.70. The molecule has 6 heteroatoms. The molecule has 0 aliphatic rings. The van der Waals surface area contributed by atoms with Crippen LogP contribution in [0.25, 0.3) is 0 Å². The number of hydrogen-bond acceptors (Lipinski definition) is 6. The maximum absolute atomic E-state index is 8.76. The van der Waals surface area contributed by atoms with Crippen LogP contribution in [0.5, 0.6) is 5.88 Å². The number of aromatic nitrogens is 2. The Labute approximate surface area is 82.3 Å². The van der Waals surface area contributed by atoms with E-state index in [1.54, 1.807) is 11.9 Å². The molecule has 0 unspecified atom stereocenters. The number of methoxy groups -OCH3 is 1. The van der Waals surface area contributed by atoms with Gasteiger partial charge in [-0.2, -0.15) is 4.98 Å². The molecule has 0 saturated heterocycles. The molecule has 0 atom stereocenters. The molecule has 0 bridgehead atoms. The summed E-state index contributed by atoms with van der Waals surface area (Å²) < 4.78 is 4.95. The van der Waals surface area contributed by atoms with Crippen LogP contribution in [0, 0.1) is 0 Å². The highest BCUT2D eigenvalue weighted by Gasteiger charge is 2.11. The van der Waals surface area contributed by atoms with Crippen molar-refractivity contribution in [1.29, 1.82) is 0 Å². The van der Waals surface area contributed by atoms with Crippen LogP contribution in [0.1, 0.15) is 0 Å². The minimum Gasteiger partial charge on any atom is -0.479 e. The number of rotatable bonds is 4. The zero-order valence-corrected chi connectivity index (χ0v) is 8.27. The van der Waals surface area contributed by atoms with Gasteiger partial charge < -0.3 is 20.5 Å². The molecule has 6 nitrogen and oxygen atoms in total. The standard InChI is InChI=1S/C8H14N4O2/c1-12(3-4-13)7-6(9)8(14-2)11-5-10-7/h5,13H,3-4,9H2,1-2H3. The van der Waals surface area contributed by atoms with Crippen LogP contribution in [0.2, 0.25) is 0 Å². The number of aliphatic hydroxyl groups excluding tert-OH is 1. The first-order valence-electron chi connectivity index (χ1n) is 4.17. The second kappa shape index (κ2) is 4.61. The van der Waals surface area contributed by atoms with Crippen molar-refractivity contribution in [1.82, 2.24) is 9.97 Å². The molecule has 0 radical (unpaired) electrons. The summed E-state index contributed by atoms with van der Waals surface area (Å²) in [5.74, 6) is 0.908. The van der Waals surface area contributed by atoms with E-state index in [0.29, 0.717) is 23.9 Å². The maximum Gasteiger partial charge on any atom is 0.242 e. The van der Waals surface area contributed by atoms with Gasteiger partial charge in [0, 0.05) is 13.6 Å². The summed E-state index contributed by atoms with van der Waals surface area (Å²) in [6, 6.07) is 0. The SMILES string of the molecule is COc1ncnc(N(C)CCO)c1N. The Bertz CT molecular complexity index is 305. The van der Waals surface area contributed by atoms with Crippen molar-refractivity contribution < 1.29 is 9.84 Å². The van der Waals surface area contributed by atoms with E-state index in [2.05, 4.69) is 9.97 Å². The lowest BCUT2D eigenvalue weighted by Crippen LogP contribution is -2.23. The quantitative estimate of drug-likeness (QED) is 0.678. The molecule has 1 heterocycles. The Morgan fingerprint density at radius 1 is 1.57 bits per heavy atom. The molecule has 78 valence electrons. The van der Waals surface area contributed by atoms with Gasteiger partial charge in [0.25, 0.3) is 0 Å². The molecule has 1 aromatic heterocycles. The van der Waals surface area contributed by atoms with E-state index in [9.17, 15) is 0 Å². The smallest absolute Gasteiger partial charge is 0.242 e. The van der Waals surface area contributed by atoms with E-state index in [4.69, 9.17) is 15.6 Å². The van der Waals surface area contributed by atoms with Crippen molar-refractivity contribution in [2.24, 2.45) is 0 Å². The molecule has 0 aliphatic heterocycles. The zero-order valence-electron chi connectivity index (χ0n) is 8.27. The fraction of sp³-hybridized carbons (Fsp3) is 0.500. The number of ether oxygens (including phenoxy) is 1. The van der Waals surface area contributed by atoms with Crippen molar-refractivity contribution in [3.05, 3.63) is 6.33 Å². The predicted octanol–water partition coefficient (Wildman–Crippen LogP) is -0.504. The first kappa shape index (κ1) is 10.5. The second-order valence-corrected chi connectivity index (χ2v) is 2.77. The molecule has 0 fully saturated rings. The normalized spacial score (nSPS) is 9.93. The summed E-state index contributed by atoms with van der Waals surface area (Å²) in [6.07, 6.45) is 1.37. The van der Waals surface area contributed by atoms with E-state index in [1.807, 2.05) is 0 Å². The summed E-state index contributed by atoms with van der Waals surface area (Å²) >= 11 is 0. The molecular weight excluding hydrogens is 184 g/mol. The van der Waals surface area contributed by atoms with Gasteiger partial charge in [-0.3, -0.25) is 0 Å². The Kier molecular flexibility index (Phi) is 3.47. The van der Waals surface area contributed by atoms with E-state index in [-0.39, 0.29) is 6.61 Å². The average molecular weight is 198 g/mol. The number of hydrogen-bond donors (Lipinski definition) is 2. The van der Waals surface area contributed by atoms with Crippen LogP contribution in [-0.2, 0) is 0 Å². The number of nitrogens with zero attached hydrogens (tertiary/aromatic N) is 3. The average Bonchev–Trinajstić information content (AvgIpc) is 2.18. The van der Waals surface area contributed by atoms with Gasteiger partial charge in [0.1, 0.15) is 12.0 Å². The fourth-order valence-electron chi connectivity index (χ4n) is 1.09. The van der Waals surface area contributed by atoms with Gasteiger partial charge in [-0.05, 0) is 0 Å². The minimum atomic E-state index is 0.0439. The van der Waals surface area contributed by atoms with Gasteiger partial charge in [0.2, 0.25) is 5.88 Å². The molecule has 3 N–H and O–H groups in total. The third kappa shape index (κ3) is 2.02. The summed E-state index contributed by atoms with van der Waals surface area (Å²) in [4.78, 5) is 9.59. The summed E-state index contributed by atoms with van der Waals surface area (Å²) in [5, 5.41) is 8.76. The van der Waals surface area contributed by atoms with Gasteiger partial charge in [-0.25, -0.2) is 4.98 Å². The highest BCUT2D eigenvalue weighted by Crippen LogP contribution is 2.26. The van der Waals surface area contributed by atoms with Crippen molar-refractivity contribution in [3.63, 3.8) is 0 Å². The van der Waals surface area contributed by atoms with Gasteiger partial charge in [-0.1, -0.05) is 0 Å². The lowest BCUT2D eigenvalue weighted by atomic mass is 10.4. The van der Waals surface area contributed by atoms with Crippen LogP contribution in [0.15, 0.2) is 6.33 Å². The van der Waals surface area contributed by atoms with E-state index < -0.39 is 0 Å². The van der Waals surface area contributed by atoms with Crippen LogP contribution < -0.4 is 15.4 Å². The maximum atomic E-state index is 8.76. The van der Waals surface area contributed by atoms with Crippen LogP contribution in [0.4, 0.5) is 11.5 Å². The third-order valence-corrected chi connectivity index (χ3v) is 1.82. The molecule has 0 aromatic carbocycles. The number of likely N-dealkylation sites (N-methyl/N-ethyl adjacent to an activating group) is 1. The minimum absolute atomic E-state index is 0.0439. The van der Waals surface area contributed by atoms with Crippen molar-refractivity contribution in [2.75, 3.05) is 37.9 Å². The predicted molar refractivity (Wildman–Crippen MR) is 53.4 cm³/mol. The number of anilines is 2. The second-order valence-electron chi connectivity index (χ2n) is 2.77. The largest absolute Gasteiger partial charge is 0.479 e. The topological polar surface area (TPSA) is 84.5 Å². The molecular formula is C8H14N4O2. The molecule has 0 aliphatic carbocycles. The van der Waals surface area contributed by atoms with Crippen molar-refractivity contribution in [3.8, 4) is 5.88 Å². The van der Waals surface area contributed by atoms with Crippen LogP contribution >= 0.6 is 0 Å². The zero-order chi connectivity index (χ0) is 10.6. The molecule has 14 heavy (non-hydrogen) atoms. The lowest BCUT2D eigenvalue weighted by Gasteiger charge is -2.18. The molecule has 0 saturated carbocycles.